The molecule has 0 spiro atoms. The molecule has 0 radical (unpaired) electrons. The molecule has 0 aliphatic carbocycles. The Kier molecular flexibility index (Phi) is 6.11. The molecule has 7 nitrogen and oxygen atoms in total. The molecule has 2 aromatic rings. The van der Waals surface area contributed by atoms with Crippen molar-refractivity contribution in [3.05, 3.63) is 46.5 Å². The first kappa shape index (κ1) is 20.7. The van der Waals surface area contributed by atoms with Gasteiger partial charge in [0.05, 0.1) is 23.3 Å². The Morgan fingerprint density at radius 1 is 1.22 bits per heavy atom. The number of hydrogen-bond acceptors (Lipinski definition) is 5. The number of benzene rings is 2. The molecular weight excluding hydrogens is 408 g/mol. The van der Waals surface area contributed by atoms with Gasteiger partial charge in [0.25, 0.3) is 10.0 Å². The molecular formula is C16H14ClF2NO6S. The van der Waals surface area contributed by atoms with Gasteiger partial charge in [-0.2, -0.15) is 8.78 Å². The molecule has 0 aromatic heterocycles. The van der Waals surface area contributed by atoms with Crippen LogP contribution < -0.4 is 14.2 Å². The second-order valence-electron chi connectivity index (χ2n) is 5.25. The zero-order valence-electron chi connectivity index (χ0n) is 14.0. The molecule has 2 aromatic carbocycles. The molecule has 0 saturated heterocycles. The normalized spacial score (nSPS) is 11.3. The summed E-state index contributed by atoms with van der Waals surface area (Å²) in [6.45, 7) is -1.55. The van der Waals surface area contributed by atoms with Crippen molar-refractivity contribution in [2.24, 2.45) is 0 Å². The van der Waals surface area contributed by atoms with Crippen LogP contribution in [-0.4, -0.2) is 33.2 Å². The maximum Gasteiger partial charge on any atom is 0.387 e. The van der Waals surface area contributed by atoms with Crippen molar-refractivity contribution in [2.45, 2.75) is 18.4 Å². The SMILES string of the molecule is COc1cc(C(=O)O)c(NS(=O)(=O)c2ccc(C)c(Cl)c2)cc1OC(F)F. The Morgan fingerprint density at radius 2 is 1.89 bits per heavy atom. The molecule has 0 aliphatic heterocycles. The third kappa shape index (κ3) is 4.77. The molecule has 0 aliphatic rings. The Labute approximate surface area is 158 Å². The number of halogens is 3. The summed E-state index contributed by atoms with van der Waals surface area (Å²) in [4.78, 5) is 11.2. The number of sulfonamides is 1. The molecule has 2 N–H and O–H groups in total. The van der Waals surface area contributed by atoms with Crippen molar-refractivity contribution in [3.63, 3.8) is 0 Å². The van der Waals surface area contributed by atoms with E-state index in [4.69, 9.17) is 16.3 Å². The van der Waals surface area contributed by atoms with Crippen LogP contribution in [0.3, 0.4) is 0 Å². The fraction of sp³-hybridized carbons (Fsp3) is 0.188. The highest BCUT2D eigenvalue weighted by molar-refractivity contribution is 7.92. The summed E-state index contributed by atoms with van der Waals surface area (Å²) < 4.78 is 61.3. The number of carboxylic acid groups (broad SMARTS) is 1. The number of ether oxygens (including phenoxy) is 2. The van der Waals surface area contributed by atoms with Gasteiger partial charge in [-0.05, 0) is 24.6 Å². The van der Waals surface area contributed by atoms with Crippen molar-refractivity contribution in [2.75, 3.05) is 11.8 Å². The fourth-order valence-corrected chi connectivity index (χ4v) is 3.46. The first-order valence-corrected chi connectivity index (χ1v) is 9.10. The molecule has 0 amide bonds. The van der Waals surface area contributed by atoms with E-state index in [1.807, 2.05) is 4.72 Å². The predicted octanol–water partition coefficient (Wildman–Crippen LogP) is 3.76. The molecule has 2 rings (SSSR count). The molecule has 0 heterocycles. The van der Waals surface area contributed by atoms with Gasteiger partial charge in [0.1, 0.15) is 0 Å². The van der Waals surface area contributed by atoms with E-state index in [9.17, 15) is 27.1 Å². The molecule has 0 unspecified atom stereocenters. The van der Waals surface area contributed by atoms with Gasteiger partial charge in [-0.25, -0.2) is 13.2 Å². The monoisotopic (exact) mass is 421 g/mol. The summed E-state index contributed by atoms with van der Waals surface area (Å²) in [6, 6.07) is 5.60. The highest BCUT2D eigenvalue weighted by Crippen LogP contribution is 2.35. The first-order valence-electron chi connectivity index (χ1n) is 7.24. The number of aromatic carboxylic acids is 1. The van der Waals surface area contributed by atoms with Crippen molar-refractivity contribution >= 4 is 33.3 Å². The van der Waals surface area contributed by atoms with Crippen LogP contribution in [-0.2, 0) is 10.0 Å². The van der Waals surface area contributed by atoms with Gasteiger partial charge in [0.15, 0.2) is 11.5 Å². The quantitative estimate of drug-likeness (QED) is 0.705. The number of alkyl halides is 2. The highest BCUT2D eigenvalue weighted by Gasteiger charge is 2.23. The van der Waals surface area contributed by atoms with Crippen molar-refractivity contribution in [1.29, 1.82) is 0 Å². The number of carbonyl (C=O) groups is 1. The van der Waals surface area contributed by atoms with Crippen molar-refractivity contribution in [3.8, 4) is 11.5 Å². The molecule has 0 saturated carbocycles. The van der Waals surface area contributed by atoms with Gasteiger partial charge < -0.3 is 14.6 Å². The van der Waals surface area contributed by atoms with E-state index in [1.165, 1.54) is 18.2 Å². The fourth-order valence-electron chi connectivity index (χ4n) is 2.11. The number of rotatable bonds is 7. The van der Waals surface area contributed by atoms with Crippen molar-refractivity contribution in [1.82, 2.24) is 0 Å². The maximum absolute atomic E-state index is 12.6. The van der Waals surface area contributed by atoms with Crippen LogP contribution in [0.25, 0.3) is 0 Å². The lowest BCUT2D eigenvalue weighted by molar-refractivity contribution is -0.0511. The average Bonchev–Trinajstić information content (AvgIpc) is 2.56. The Bertz CT molecular complexity index is 981. The minimum atomic E-state index is -4.26. The van der Waals surface area contributed by atoms with Crippen LogP contribution >= 0.6 is 11.6 Å². The van der Waals surface area contributed by atoms with Crippen LogP contribution in [0.2, 0.25) is 5.02 Å². The lowest BCUT2D eigenvalue weighted by Gasteiger charge is -2.16. The van der Waals surface area contributed by atoms with E-state index in [1.54, 1.807) is 6.92 Å². The summed E-state index contributed by atoms with van der Waals surface area (Å²) in [5.74, 6) is -2.33. The minimum absolute atomic E-state index is 0.188. The lowest BCUT2D eigenvalue weighted by atomic mass is 10.1. The standard InChI is InChI=1S/C16H14ClF2NO6S/c1-8-3-4-9(5-11(8)17)27(23,24)20-12-7-14(26-16(18)19)13(25-2)6-10(12)15(21)22/h3-7,16,20H,1-2H3,(H,21,22). The smallest absolute Gasteiger partial charge is 0.387 e. The second kappa shape index (κ2) is 7.97. The molecule has 146 valence electrons. The molecule has 11 heteroatoms. The van der Waals surface area contributed by atoms with Crippen LogP contribution in [0, 0.1) is 6.92 Å². The Hall–Kier alpha value is -2.59. The van der Waals surface area contributed by atoms with Crippen LogP contribution in [0.1, 0.15) is 15.9 Å². The van der Waals surface area contributed by atoms with Crippen molar-refractivity contribution < 1.29 is 36.6 Å². The van der Waals surface area contributed by atoms with Gasteiger partial charge in [0.2, 0.25) is 0 Å². The van der Waals surface area contributed by atoms with E-state index in [0.717, 1.165) is 19.2 Å². The zero-order chi connectivity index (χ0) is 20.4. The third-order valence-electron chi connectivity index (χ3n) is 3.45. The number of nitrogens with one attached hydrogen (secondary N) is 1. The summed E-state index contributed by atoms with van der Waals surface area (Å²) in [5, 5.41) is 9.49. The Balaban J connectivity index is 2.55. The third-order valence-corrected chi connectivity index (χ3v) is 5.22. The van der Waals surface area contributed by atoms with Gasteiger partial charge >= 0.3 is 12.6 Å². The van der Waals surface area contributed by atoms with Gasteiger partial charge in [-0.3, -0.25) is 4.72 Å². The maximum atomic E-state index is 12.6. The van der Waals surface area contributed by atoms with Crippen LogP contribution in [0.4, 0.5) is 14.5 Å². The minimum Gasteiger partial charge on any atom is -0.493 e. The summed E-state index contributed by atoms with van der Waals surface area (Å²) in [6.07, 6.45) is 0. The average molecular weight is 422 g/mol. The molecule has 0 fully saturated rings. The van der Waals surface area contributed by atoms with Crippen LogP contribution in [0.5, 0.6) is 11.5 Å². The largest absolute Gasteiger partial charge is 0.493 e. The topological polar surface area (TPSA) is 102 Å². The van der Waals surface area contributed by atoms with Gasteiger partial charge in [-0.1, -0.05) is 17.7 Å². The number of carboxylic acids is 1. The summed E-state index contributed by atoms with van der Waals surface area (Å²) in [7, 11) is -3.13. The number of methoxy groups -OCH3 is 1. The number of aryl methyl sites for hydroxylation is 1. The van der Waals surface area contributed by atoms with E-state index < -0.39 is 39.6 Å². The summed E-state index contributed by atoms with van der Waals surface area (Å²) >= 11 is 5.92. The molecule has 0 atom stereocenters. The first-order chi connectivity index (χ1) is 12.5. The van der Waals surface area contributed by atoms with Gasteiger partial charge in [-0.15, -0.1) is 0 Å². The van der Waals surface area contributed by atoms with E-state index in [2.05, 4.69) is 4.74 Å². The molecule has 27 heavy (non-hydrogen) atoms. The number of hydrogen-bond donors (Lipinski definition) is 2. The van der Waals surface area contributed by atoms with Gasteiger partial charge in [0, 0.05) is 17.2 Å². The lowest BCUT2D eigenvalue weighted by Crippen LogP contribution is -2.16. The van der Waals surface area contributed by atoms with E-state index >= 15 is 0 Å². The number of anilines is 1. The predicted molar refractivity (Wildman–Crippen MR) is 93.6 cm³/mol. The second-order valence-corrected chi connectivity index (χ2v) is 7.34. The summed E-state index contributed by atoms with van der Waals surface area (Å²) in [5.41, 5.74) is -0.357. The van der Waals surface area contributed by atoms with Crippen LogP contribution in [0.15, 0.2) is 35.2 Å². The highest BCUT2D eigenvalue weighted by atomic mass is 35.5. The van der Waals surface area contributed by atoms with E-state index in [0.29, 0.717) is 5.56 Å². The Morgan fingerprint density at radius 3 is 2.41 bits per heavy atom. The molecule has 0 bridgehead atoms. The van der Waals surface area contributed by atoms with E-state index in [-0.39, 0.29) is 15.7 Å². The zero-order valence-corrected chi connectivity index (χ0v) is 15.6.